The zero-order valence-corrected chi connectivity index (χ0v) is 15.9. The quantitative estimate of drug-likeness (QED) is 0.574. The van der Waals surface area contributed by atoms with E-state index in [2.05, 4.69) is 16.9 Å². The summed E-state index contributed by atoms with van der Waals surface area (Å²) in [5.74, 6) is -0.198. The van der Waals surface area contributed by atoms with E-state index in [1.165, 1.54) is 18.8 Å². The molecule has 0 bridgehead atoms. The average molecular weight is 397 g/mol. The Labute approximate surface area is 165 Å². The summed E-state index contributed by atoms with van der Waals surface area (Å²) in [6.45, 7) is 3.86. The number of H-pyrrole nitrogens is 1. The maximum atomic E-state index is 12.9. The van der Waals surface area contributed by atoms with Crippen molar-refractivity contribution in [3.8, 4) is 11.5 Å². The first-order valence-corrected chi connectivity index (χ1v) is 8.87. The summed E-state index contributed by atoms with van der Waals surface area (Å²) in [6, 6.07) is 5.21. The molecule has 0 radical (unpaired) electrons. The third-order valence-electron chi connectivity index (χ3n) is 5.03. The van der Waals surface area contributed by atoms with Crippen LogP contribution in [-0.4, -0.2) is 36.3 Å². The Morgan fingerprint density at radius 3 is 2.76 bits per heavy atom. The molecule has 2 aliphatic heterocycles. The van der Waals surface area contributed by atoms with Crippen molar-refractivity contribution in [1.29, 1.82) is 0 Å². The third-order valence-corrected chi connectivity index (χ3v) is 5.03. The lowest BCUT2D eigenvalue weighted by molar-refractivity contribution is -0.136. The number of carbonyl (C=O) groups excluding carboxylic acids is 1. The van der Waals surface area contributed by atoms with Gasteiger partial charge in [-0.05, 0) is 6.07 Å². The number of allylic oxidation sites excluding steroid dienone is 1. The predicted octanol–water partition coefficient (Wildman–Crippen LogP) is 1.11. The smallest absolute Gasteiger partial charge is 0.337 e. The van der Waals surface area contributed by atoms with E-state index in [0.717, 1.165) is 0 Å². The first kappa shape index (κ1) is 18.6. The zero-order valence-electron chi connectivity index (χ0n) is 15.9. The van der Waals surface area contributed by atoms with Crippen molar-refractivity contribution in [2.45, 2.75) is 12.5 Å². The lowest BCUT2D eigenvalue weighted by Gasteiger charge is -2.29. The maximum absolute atomic E-state index is 12.9. The molecule has 4 rings (SSSR count). The van der Waals surface area contributed by atoms with Gasteiger partial charge in [0.25, 0.3) is 5.56 Å². The van der Waals surface area contributed by atoms with Gasteiger partial charge in [-0.3, -0.25) is 14.3 Å². The Hall–Kier alpha value is -3.75. The highest BCUT2D eigenvalue weighted by atomic mass is 16.5. The van der Waals surface area contributed by atoms with Crippen molar-refractivity contribution in [2.24, 2.45) is 0 Å². The van der Waals surface area contributed by atoms with Gasteiger partial charge in [0.05, 0.1) is 37.0 Å². The normalized spacial score (nSPS) is 17.2. The van der Waals surface area contributed by atoms with E-state index in [4.69, 9.17) is 14.2 Å². The van der Waals surface area contributed by atoms with E-state index in [9.17, 15) is 14.4 Å². The van der Waals surface area contributed by atoms with Crippen LogP contribution in [0, 0.1) is 0 Å². The van der Waals surface area contributed by atoms with Gasteiger partial charge in [0.15, 0.2) is 11.5 Å². The Bertz CT molecular complexity index is 1170. The molecule has 2 aromatic rings. The number of carbonyl (C=O) groups is 1. The van der Waals surface area contributed by atoms with Gasteiger partial charge in [0.2, 0.25) is 0 Å². The molecule has 1 aromatic carbocycles. The Morgan fingerprint density at radius 2 is 2.07 bits per heavy atom. The minimum Gasteiger partial charge on any atom is -0.493 e. The van der Waals surface area contributed by atoms with E-state index in [1.807, 2.05) is 0 Å². The van der Waals surface area contributed by atoms with E-state index in [1.54, 1.807) is 24.3 Å². The van der Waals surface area contributed by atoms with Crippen molar-refractivity contribution in [1.82, 2.24) is 9.55 Å². The molecular weight excluding hydrogens is 378 g/mol. The standard InChI is InChI=1S/C20H19N3O6/c1-4-8-23-17-15(18(24)22-20(23)26)13(14-11(21-17)9-29-19(14)25)10-6-5-7-12(27-2)16(10)28-3/h4-7,13,21H,1,8-9H2,2-3H3,(H,22,24,26). The molecule has 1 atom stereocenters. The van der Waals surface area contributed by atoms with Crippen LogP contribution in [0.3, 0.4) is 0 Å². The highest BCUT2D eigenvalue weighted by molar-refractivity contribution is 5.97. The lowest BCUT2D eigenvalue weighted by Crippen LogP contribution is -2.38. The molecule has 1 unspecified atom stereocenters. The number of nitrogens with zero attached hydrogens (tertiary/aromatic N) is 1. The molecule has 0 saturated heterocycles. The summed E-state index contributed by atoms with van der Waals surface area (Å²) in [7, 11) is 2.98. The first-order valence-electron chi connectivity index (χ1n) is 8.87. The van der Waals surface area contributed by atoms with Gasteiger partial charge in [-0.2, -0.15) is 0 Å². The molecule has 0 amide bonds. The van der Waals surface area contributed by atoms with Crippen LogP contribution in [0.15, 0.2) is 51.7 Å². The number of ether oxygens (including phenoxy) is 3. The van der Waals surface area contributed by atoms with Gasteiger partial charge in [-0.1, -0.05) is 18.2 Å². The van der Waals surface area contributed by atoms with Crippen molar-refractivity contribution in [3.63, 3.8) is 0 Å². The van der Waals surface area contributed by atoms with Crippen LogP contribution < -0.4 is 26.0 Å². The SMILES string of the molecule is C=CCn1c2c(c(=O)[nH]c1=O)C(c1cccc(OC)c1OC)C1=C(COC1=O)N2. The molecule has 3 heterocycles. The van der Waals surface area contributed by atoms with Crippen molar-refractivity contribution in [2.75, 3.05) is 26.1 Å². The first-order chi connectivity index (χ1) is 14.0. The summed E-state index contributed by atoms with van der Waals surface area (Å²) in [5.41, 5.74) is 0.398. The van der Waals surface area contributed by atoms with Crippen molar-refractivity contribution < 1.29 is 19.0 Å². The summed E-state index contributed by atoms with van der Waals surface area (Å²) >= 11 is 0. The molecule has 0 aliphatic carbocycles. The molecule has 29 heavy (non-hydrogen) atoms. The number of aromatic nitrogens is 2. The van der Waals surface area contributed by atoms with Crippen LogP contribution in [0.25, 0.3) is 0 Å². The number of fused-ring (bicyclic) bond motifs is 1. The van der Waals surface area contributed by atoms with Crippen LogP contribution >= 0.6 is 0 Å². The Balaban J connectivity index is 2.08. The number of nitrogens with one attached hydrogen (secondary N) is 2. The number of hydrogen-bond acceptors (Lipinski definition) is 7. The number of cyclic esters (lactones) is 1. The fourth-order valence-electron chi connectivity index (χ4n) is 3.84. The molecule has 0 fully saturated rings. The summed E-state index contributed by atoms with van der Waals surface area (Å²) in [5, 5.41) is 3.05. The fourth-order valence-corrected chi connectivity index (χ4v) is 3.84. The second kappa shape index (κ2) is 7.01. The van der Waals surface area contributed by atoms with Gasteiger partial charge in [0, 0.05) is 12.1 Å². The lowest BCUT2D eigenvalue weighted by atomic mass is 9.82. The van der Waals surface area contributed by atoms with Crippen LogP contribution in [0.2, 0.25) is 0 Å². The minimum absolute atomic E-state index is 0.0193. The Kier molecular flexibility index (Phi) is 4.50. The largest absolute Gasteiger partial charge is 0.493 e. The summed E-state index contributed by atoms with van der Waals surface area (Å²) < 4.78 is 17.5. The van der Waals surface area contributed by atoms with Crippen LogP contribution in [-0.2, 0) is 16.1 Å². The fraction of sp³-hybridized carbons (Fsp3) is 0.250. The van der Waals surface area contributed by atoms with Gasteiger partial charge in [-0.15, -0.1) is 6.58 Å². The molecule has 9 nitrogen and oxygen atoms in total. The second-order valence-electron chi connectivity index (χ2n) is 6.53. The van der Waals surface area contributed by atoms with Crippen LogP contribution in [0.4, 0.5) is 5.82 Å². The maximum Gasteiger partial charge on any atom is 0.337 e. The number of hydrogen-bond donors (Lipinski definition) is 2. The molecule has 9 heteroatoms. The van der Waals surface area contributed by atoms with Gasteiger partial charge in [0.1, 0.15) is 12.4 Å². The number of anilines is 1. The number of methoxy groups -OCH3 is 2. The molecule has 0 saturated carbocycles. The number of esters is 1. The molecular formula is C20H19N3O6. The molecule has 150 valence electrons. The van der Waals surface area contributed by atoms with E-state index >= 15 is 0 Å². The number of aromatic amines is 1. The molecule has 2 aliphatic rings. The minimum atomic E-state index is -0.804. The van der Waals surface area contributed by atoms with Gasteiger partial charge < -0.3 is 19.5 Å². The monoisotopic (exact) mass is 397 g/mol. The van der Waals surface area contributed by atoms with Crippen LogP contribution in [0.1, 0.15) is 17.0 Å². The van der Waals surface area contributed by atoms with Crippen molar-refractivity contribution in [3.05, 3.63) is 74.1 Å². The average Bonchev–Trinajstić information content (AvgIpc) is 3.09. The van der Waals surface area contributed by atoms with Gasteiger partial charge >= 0.3 is 11.7 Å². The predicted molar refractivity (Wildman–Crippen MR) is 105 cm³/mol. The number of para-hydroxylation sites is 1. The molecule has 0 spiro atoms. The number of benzene rings is 1. The highest BCUT2D eigenvalue weighted by Gasteiger charge is 2.42. The summed E-state index contributed by atoms with van der Waals surface area (Å²) in [6.07, 6.45) is 1.54. The number of rotatable bonds is 5. The molecule has 2 N–H and O–H groups in total. The van der Waals surface area contributed by atoms with E-state index in [-0.39, 0.29) is 18.7 Å². The second-order valence-corrected chi connectivity index (χ2v) is 6.53. The third kappa shape index (κ3) is 2.74. The van der Waals surface area contributed by atoms with E-state index in [0.29, 0.717) is 34.2 Å². The van der Waals surface area contributed by atoms with E-state index < -0.39 is 23.1 Å². The summed E-state index contributed by atoms with van der Waals surface area (Å²) in [4.78, 5) is 40.2. The molecule has 1 aromatic heterocycles. The van der Waals surface area contributed by atoms with Gasteiger partial charge in [-0.25, -0.2) is 9.59 Å². The Morgan fingerprint density at radius 1 is 1.28 bits per heavy atom. The van der Waals surface area contributed by atoms with Crippen LogP contribution in [0.5, 0.6) is 11.5 Å². The topological polar surface area (TPSA) is 112 Å². The highest BCUT2D eigenvalue weighted by Crippen LogP contribution is 2.47. The van der Waals surface area contributed by atoms with Crippen molar-refractivity contribution >= 4 is 11.8 Å². The zero-order chi connectivity index (χ0) is 20.7.